The number of likely N-dealkylation sites (tertiary alicyclic amines) is 1. The maximum absolute atomic E-state index is 12.2. The van der Waals surface area contributed by atoms with Gasteiger partial charge in [0.2, 0.25) is 0 Å². The average Bonchev–Trinajstić information content (AvgIpc) is 3.05. The van der Waals surface area contributed by atoms with E-state index in [0.717, 1.165) is 44.0 Å². The van der Waals surface area contributed by atoms with Gasteiger partial charge >= 0.3 is 6.03 Å². The van der Waals surface area contributed by atoms with Crippen molar-refractivity contribution < 1.29 is 9.53 Å². The summed E-state index contributed by atoms with van der Waals surface area (Å²) >= 11 is 0. The molecule has 1 saturated heterocycles. The number of carbonyl (C=O) groups is 1. The van der Waals surface area contributed by atoms with Crippen molar-refractivity contribution in [1.82, 2.24) is 24.8 Å². The number of aromatic nitrogens is 3. The first-order valence-corrected chi connectivity index (χ1v) is 9.05. The second-order valence-electron chi connectivity index (χ2n) is 6.95. The Morgan fingerprint density at radius 3 is 2.88 bits per heavy atom. The van der Waals surface area contributed by atoms with Crippen LogP contribution in [0.3, 0.4) is 0 Å². The molecule has 1 aliphatic heterocycles. The number of urea groups is 1. The van der Waals surface area contributed by atoms with Crippen LogP contribution in [-0.4, -0.2) is 58.4 Å². The van der Waals surface area contributed by atoms with E-state index in [1.165, 1.54) is 0 Å². The molecule has 136 valence electrons. The van der Waals surface area contributed by atoms with E-state index in [-0.39, 0.29) is 6.03 Å². The Bertz CT molecular complexity index is 692. The summed E-state index contributed by atoms with van der Waals surface area (Å²) in [7, 11) is 0. The zero-order valence-electron chi connectivity index (χ0n) is 15.0. The van der Waals surface area contributed by atoms with Gasteiger partial charge in [0.05, 0.1) is 6.61 Å². The normalized spacial score (nSPS) is 15.9. The maximum Gasteiger partial charge on any atom is 0.317 e. The zero-order valence-corrected chi connectivity index (χ0v) is 15.0. The van der Waals surface area contributed by atoms with Crippen LogP contribution >= 0.6 is 0 Å². The molecule has 3 rings (SSSR count). The Morgan fingerprint density at radius 2 is 2.12 bits per heavy atom. The lowest BCUT2D eigenvalue weighted by atomic mass is 9.96. The third kappa shape index (κ3) is 4.48. The lowest BCUT2D eigenvalue weighted by Crippen LogP contribution is -2.45. The third-order valence-corrected chi connectivity index (χ3v) is 4.46. The van der Waals surface area contributed by atoms with Gasteiger partial charge in [0.1, 0.15) is 5.82 Å². The highest BCUT2D eigenvalue weighted by atomic mass is 16.5. The number of hydrogen-bond donors (Lipinski definition) is 1. The van der Waals surface area contributed by atoms with Crippen molar-refractivity contribution in [2.45, 2.75) is 32.6 Å². The largest absolute Gasteiger partial charge is 0.379 e. The van der Waals surface area contributed by atoms with Crippen LogP contribution in [-0.2, 0) is 4.74 Å². The van der Waals surface area contributed by atoms with Crippen molar-refractivity contribution in [2.24, 2.45) is 5.92 Å². The highest BCUT2D eigenvalue weighted by Gasteiger charge is 2.26. The minimum absolute atomic E-state index is 0.00213. The van der Waals surface area contributed by atoms with Crippen molar-refractivity contribution in [3.8, 4) is 0 Å². The van der Waals surface area contributed by atoms with Crippen LogP contribution in [0.15, 0.2) is 24.4 Å². The van der Waals surface area contributed by atoms with Gasteiger partial charge in [0, 0.05) is 38.4 Å². The Kier molecular flexibility index (Phi) is 5.86. The van der Waals surface area contributed by atoms with E-state index in [1.807, 2.05) is 33.7 Å². The fraction of sp³-hybridized carbons (Fsp3) is 0.611. The summed E-state index contributed by atoms with van der Waals surface area (Å²) in [5.74, 6) is 1.86. The van der Waals surface area contributed by atoms with Crippen molar-refractivity contribution >= 4 is 11.7 Å². The second-order valence-corrected chi connectivity index (χ2v) is 6.95. The summed E-state index contributed by atoms with van der Waals surface area (Å²) in [4.78, 5) is 14.1. The summed E-state index contributed by atoms with van der Waals surface area (Å²) in [6, 6.07) is 5.91. The van der Waals surface area contributed by atoms with Crippen LogP contribution < -0.4 is 5.32 Å². The molecule has 7 nitrogen and oxygen atoms in total. The number of ether oxygens (including phenoxy) is 1. The molecule has 2 aromatic rings. The summed E-state index contributed by atoms with van der Waals surface area (Å²) in [6.07, 6.45) is 3.82. The van der Waals surface area contributed by atoms with Crippen molar-refractivity contribution in [1.29, 1.82) is 0 Å². The number of piperidine rings is 1. The molecule has 0 bridgehead atoms. The molecular formula is C18H27N5O2. The number of rotatable bonds is 6. The molecule has 0 aromatic carbocycles. The van der Waals surface area contributed by atoms with Gasteiger partial charge in [-0.25, -0.2) is 4.79 Å². The molecule has 1 fully saturated rings. The molecular weight excluding hydrogens is 318 g/mol. The molecule has 7 heteroatoms. The molecule has 0 unspecified atom stereocenters. The second kappa shape index (κ2) is 8.29. The van der Waals surface area contributed by atoms with Gasteiger partial charge in [-0.3, -0.25) is 4.40 Å². The third-order valence-electron chi connectivity index (χ3n) is 4.46. The van der Waals surface area contributed by atoms with Crippen molar-refractivity contribution in [3.63, 3.8) is 0 Å². The fourth-order valence-electron chi connectivity index (χ4n) is 3.14. The number of nitrogens with one attached hydrogen (secondary N) is 1. The van der Waals surface area contributed by atoms with E-state index >= 15 is 0 Å². The fourth-order valence-corrected chi connectivity index (χ4v) is 3.14. The first-order valence-electron chi connectivity index (χ1n) is 9.05. The average molecular weight is 345 g/mol. The Balaban J connectivity index is 1.44. The number of carbonyl (C=O) groups excluding carboxylic acids is 1. The van der Waals surface area contributed by atoms with Gasteiger partial charge in [0.15, 0.2) is 5.65 Å². The van der Waals surface area contributed by atoms with E-state index in [1.54, 1.807) is 0 Å². The van der Waals surface area contributed by atoms with Crippen molar-refractivity contribution in [3.05, 3.63) is 30.2 Å². The van der Waals surface area contributed by atoms with Crippen LogP contribution in [0.5, 0.6) is 0 Å². The quantitative estimate of drug-likeness (QED) is 0.816. The summed E-state index contributed by atoms with van der Waals surface area (Å²) in [5.41, 5.74) is 0.874. The van der Waals surface area contributed by atoms with E-state index in [9.17, 15) is 4.79 Å². The Hall–Kier alpha value is -2.15. The van der Waals surface area contributed by atoms with Crippen LogP contribution in [0.1, 0.15) is 38.4 Å². The monoisotopic (exact) mass is 345 g/mol. The van der Waals surface area contributed by atoms with Crippen LogP contribution in [0.25, 0.3) is 5.65 Å². The summed E-state index contributed by atoms with van der Waals surface area (Å²) < 4.78 is 7.54. The Morgan fingerprint density at radius 1 is 1.32 bits per heavy atom. The summed E-state index contributed by atoms with van der Waals surface area (Å²) in [6.45, 7) is 7.55. The van der Waals surface area contributed by atoms with E-state index in [2.05, 4.69) is 29.4 Å². The van der Waals surface area contributed by atoms with Gasteiger partial charge in [-0.1, -0.05) is 19.9 Å². The summed E-state index contributed by atoms with van der Waals surface area (Å²) in [5, 5.41) is 11.5. The SMILES string of the molecule is CC(C)COCCNC(=O)N1CCC(c2nnc3ccccn23)CC1. The molecule has 0 atom stereocenters. The molecule has 0 radical (unpaired) electrons. The minimum atomic E-state index is -0.00213. The smallest absolute Gasteiger partial charge is 0.317 e. The molecule has 1 N–H and O–H groups in total. The standard InChI is InChI=1S/C18H27N5O2/c1-14(2)13-25-12-8-19-18(24)22-10-6-15(7-11-22)17-21-20-16-5-3-4-9-23(16)17/h3-5,9,14-15H,6-8,10-13H2,1-2H3,(H,19,24). The molecule has 3 heterocycles. The molecule has 25 heavy (non-hydrogen) atoms. The highest BCUT2D eigenvalue weighted by Crippen LogP contribution is 2.26. The van der Waals surface area contributed by atoms with Gasteiger partial charge in [0.25, 0.3) is 0 Å². The van der Waals surface area contributed by atoms with Crippen LogP contribution in [0.2, 0.25) is 0 Å². The van der Waals surface area contributed by atoms with Crippen LogP contribution in [0.4, 0.5) is 4.79 Å². The number of amides is 2. The van der Waals surface area contributed by atoms with E-state index in [4.69, 9.17) is 4.74 Å². The number of nitrogens with zero attached hydrogens (tertiary/aromatic N) is 4. The molecule has 1 aliphatic rings. The number of pyridine rings is 1. The van der Waals surface area contributed by atoms with Gasteiger partial charge in [-0.2, -0.15) is 0 Å². The lowest BCUT2D eigenvalue weighted by Gasteiger charge is -2.31. The highest BCUT2D eigenvalue weighted by molar-refractivity contribution is 5.74. The minimum Gasteiger partial charge on any atom is -0.379 e. The lowest BCUT2D eigenvalue weighted by molar-refractivity contribution is 0.110. The predicted molar refractivity (Wildman–Crippen MR) is 95.6 cm³/mol. The first kappa shape index (κ1) is 17.7. The Labute approximate surface area is 148 Å². The number of fused-ring (bicyclic) bond motifs is 1. The molecule has 0 spiro atoms. The molecule has 0 saturated carbocycles. The van der Waals surface area contributed by atoms with Gasteiger partial charge in [-0.15, -0.1) is 10.2 Å². The van der Waals surface area contributed by atoms with Crippen LogP contribution in [0, 0.1) is 5.92 Å². The maximum atomic E-state index is 12.2. The first-order chi connectivity index (χ1) is 12.1. The van der Waals surface area contributed by atoms with Crippen molar-refractivity contribution in [2.75, 3.05) is 32.8 Å². The van der Waals surface area contributed by atoms with E-state index < -0.39 is 0 Å². The van der Waals surface area contributed by atoms with Gasteiger partial charge < -0.3 is 15.0 Å². The molecule has 2 aromatic heterocycles. The number of hydrogen-bond acceptors (Lipinski definition) is 4. The van der Waals surface area contributed by atoms with Gasteiger partial charge in [-0.05, 0) is 30.9 Å². The molecule has 0 aliphatic carbocycles. The topological polar surface area (TPSA) is 71.8 Å². The molecule has 2 amide bonds. The predicted octanol–water partition coefficient (Wildman–Crippen LogP) is 2.29. The zero-order chi connectivity index (χ0) is 17.6. The van der Waals surface area contributed by atoms with E-state index in [0.29, 0.717) is 25.0 Å².